The highest BCUT2D eigenvalue weighted by atomic mass is 32.1. The average molecular weight is 603 g/mol. The third-order valence-electron chi connectivity index (χ3n) is 9.46. The zero-order valence-electron chi connectivity index (χ0n) is 24.8. The van der Waals surface area contributed by atoms with Crippen molar-refractivity contribution in [3.05, 3.63) is 158 Å². The highest BCUT2D eigenvalue weighted by Gasteiger charge is 2.25. The van der Waals surface area contributed by atoms with E-state index in [2.05, 4.69) is 158 Å². The first-order chi connectivity index (χ1) is 22.8. The van der Waals surface area contributed by atoms with Gasteiger partial charge < -0.3 is 4.42 Å². The van der Waals surface area contributed by atoms with E-state index < -0.39 is 0 Å². The summed E-state index contributed by atoms with van der Waals surface area (Å²) in [5.74, 6) is 0. The molecule has 0 aliphatic heterocycles. The molecule has 0 fully saturated rings. The number of para-hydroxylation sites is 1. The molecule has 2 heterocycles. The molecule has 0 spiro atoms. The summed E-state index contributed by atoms with van der Waals surface area (Å²) in [6.07, 6.45) is 0. The van der Waals surface area contributed by atoms with Crippen molar-refractivity contribution in [2.75, 3.05) is 0 Å². The minimum Gasteiger partial charge on any atom is -0.455 e. The third kappa shape index (κ3) is 3.68. The van der Waals surface area contributed by atoms with E-state index in [9.17, 15) is 0 Å². The van der Waals surface area contributed by atoms with Crippen LogP contribution in [0.1, 0.15) is 0 Å². The Morgan fingerprint density at radius 1 is 0.391 bits per heavy atom. The number of rotatable bonds is 3. The van der Waals surface area contributed by atoms with E-state index in [1.54, 1.807) is 0 Å². The van der Waals surface area contributed by atoms with Crippen LogP contribution in [0.2, 0.25) is 0 Å². The van der Waals surface area contributed by atoms with Crippen LogP contribution in [0.5, 0.6) is 0 Å². The number of hydrogen-bond donors (Lipinski definition) is 0. The highest BCUT2D eigenvalue weighted by molar-refractivity contribution is 7.23. The van der Waals surface area contributed by atoms with Crippen LogP contribution in [-0.4, -0.2) is 0 Å². The van der Waals surface area contributed by atoms with Gasteiger partial charge in [-0.3, -0.25) is 0 Å². The summed E-state index contributed by atoms with van der Waals surface area (Å²) in [4.78, 5) is 1.27. The molecule has 0 unspecified atom stereocenters. The van der Waals surface area contributed by atoms with Gasteiger partial charge in [0.1, 0.15) is 11.2 Å². The molecule has 214 valence electrons. The highest BCUT2D eigenvalue weighted by Crippen LogP contribution is 2.53. The maximum absolute atomic E-state index is 6.67. The Kier molecular flexibility index (Phi) is 5.51. The monoisotopic (exact) mass is 602 g/mol. The largest absolute Gasteiger partial charge is 0.455 e. The van der Waals surface area contributed by atoms with Crippen LogP contribution in [-0.2, 0) is 0 Å². The van der Waals surface area contributed by atoms with Gasteiger partial charge in [0.15, 0.2) is 0 Å². The molecule has 0 aliphatic rings. The fourth-order valence-electron chi connectivity index (χ4n) is 7.45. The summed E-state index contributed by atoms with van der Waals surface area (Å²) in [5.41, 5.74) is 8.11. The lowest BCUT2D eigenvalue weighted by molar-refractivity contribution is 0.673. The number of fused-ring (bicyclic) bond motifs is 8. The van der Waals surface area contributed by atoms with Crippen LogP contribution in [0, 0.1) is 0 Å². The predicted molar refractivity (Wildman–Crippen MR) is 198 cm³/mol. The molecule has 10 rings (SSSR count). The number of benzene rings is 8. The topological polar surface area (TPSA) is 13.1 Å². The quantitative estimate of drug-likeness (QED) is 0.183. The minimum absolute atomic E-state index is 0.924. The Balaban J connectivity index is 1.37. The van der Waals surface area contributed by atoms with E-state index in [1.165, 1.54) is 75.1 Å². The van der Waals surface area contributed by atoms with Gasteiger partial charge in [-0.15, -0.1) is 11.3 Å². The molecular weight excluding hydrogens is 577 g/mol. The van der Waals surface area contributed by atoms with Gasteiger partial charge in [-0.25, -0.2) is 0 Å². The normalized spacial score (nSPS) is 11.9. The number of hydrogen-bond acceptors (Lipinski definition) is 2. The number of furan rings is 1. The van der Waals surface area contributed by atoms with Gasteiger partial charge in [0.2, 0.25) is 0 Å². The fourth-order valence-corrected chi connectivity index (χ4v) is 8.75. The zero-order chi connectivity index (χ0) is 30.2. The van der Waals surface area contributed by atoms with E-state index in [4.69, 9.17) is 4.42 Å². The Morgan fingerprint density at radius 3 is 1.74 bits per heavy atom. The maximum Gasteiger partial charge on any atom is 0.144 e. The van der Waals surface area contributed by atoms with Gasteiger partial charge in [-0.1, -0.05) is 133 Å². The smallest absolute Gasteiger partial charge is 0.144 e. The van der Waals surface area contributed by atoms with Crippen LogP contribution >= 0.6 is 11.3 Å². The summed E-state index contributed by atoms with van der Waals surface area (Å²) in [5, 5.41) is 11.0. The first-order valence-corrected chi connectivity index (χ1v) is 16.5. The van der Waals surface area contributed by atoms with Gasteiger partial charge in [-0.05, 0) is 73.3 Å². The Hall–Kier alpha value is -5.70. The van der Waals surface area contributed by atoms with Gasteiger partial charge >= 0.3 is 0 Å². The second-order valence-corrected chi connectivity index (χ2v) is 13.0. The van der Waals surface area contributed by atoms with Crippen molar-refractivity contribution in [2.45, 2.75) is 0 Å². The molecule has 0 atom stereocenters. The Labute approximate surface area is 269 Å². The van der Waals surface area contributed by atoms with Crippen molar-refractivity contribution in [3.63, 3.8) is 0 Å². The molecule has 46 heavy (non-hydrogen) atoms. The Morgan fingerprint density at radius 2 is 1.00 bits per heavy atom. The molecule has 10 aromatic rings. The molecule has 0 saturated heterocycles. The number of thiophene rings is 1. The molecule has 0 aliphatic carbocycles. The zero-order valence-corrected chi connectivity index (χ0v) is 25.6. The molecule has 2 heteroatoms. The second kappa shape index (κ2) is 9.90. The molecule has 0 saturated carbocycles. The van der Waals surface area contributed by atoms with Crippen molar-refractivity contribution in [3.8, 4) is 32.7 Å². The van der Waals surface area contributed by atoms with Gasteiger partial charge in [0.25, 0.3) is 0 Å². The SMILES string of the molecule is c1ccc(-c2c(-c3c4ccccc4c(-c4ccc5ccccc5c4)c4ccccc34)sc3ccc4c5ccccc5oc4c23)cc1. The molecule has 0 amide bonds. The standard InChI is InChI=1S/C44H26OS/c1-2-13-28(14-3-1)40-42-38(25-24-36-31-16-10-11-21-37(31)45-43(36)42)46-44(40)41-34-19-8-6-17-32(34)39(33-18-7-9-20-35(33)41)30-23-22-27-12-4-5-15-29(27)26-30/h1-26H. The lowest BCUT2D eigenvalue weighted by atomic mass is 9.86. The van der Waals surface area contributed by atoms with E-state index in [1.807, 2.05) is 11.3 Å². The van der Waals surface area contributed by atoms with Crippen LogP contribution in [0.3, 0.4) is 0 Å². The first-order valence-electron chi connectivity index (χ1n) is 15.7. The van der Waals surface area contributed by atoms with Crippen molar-refractivity contribution in [1.29, 1.82) is 0 Å². The average Bonchev–Trinajstić information content (AvgIpc) is 3.69. The van der Waals surface area contributed by atoms with E-state index >= 15 is 0 Å². The van der Waals surface area contributed by atoms with Crippen molar-refractivity contribution < 1.29 is 4.42 Å². The van der Waals surface area contributed by atoms with Crippen LogP contribution in [0.25, 0.3) is 97.0 Å². The molecule has 0 radical (unpaired) electrons. The molecule has 0 N–H and O–H groups in total. The van der Waals surface area contributed by atoms with E-state index in [-0.39, 0.29) is 0 Å². The fraction of sp³-hybridized carbons (Fsp3) is 0. The first kappa shape index (κ1) is 25.6. The molecule has 2 aromatic heterocycles. The van der Waals surface area contributed by atoms with E-state index in [0.29, 0.717) is 0 Å². The molecule has 8 aromatic carbocycles. The minimum atomic E-state index is 0.924. The van der Waals surface area contributed by atoms with Gasteiger partial charge in [0.05, 0.1) is 0 Å². The van der Waals surface area contributed by atoms with Crippen LogP contribution in [0.4, 0.5) is 0 Å². The lowest BCUT2D eigenvalue weighted by Gasteiger charge is -2.18. The van der Waals surface area contributed by atoms with Crippen LogP contribution in [0.15, 0.2) is 162 Å². The molecular formula is C44H26OS. The van der Waals surface area contributed by atoms with Crippen molar-refractivity contribution >= 4 is 75.7 Å². The van der Waals surface area contributed by atoms with Crippen molar-refractivity contribution in [1.82, 2.24) is 0 Å². The summed E-state index contributed by atoms with van der Waals surface area (Å²) in [7, 11) is 0. The Bertz CT molecular complexity index is 2740. The third-order valence-corrected chi connectivity index (χ3v) is 10.6. The van der Waals surface area contributed by atoms with Crippen molar-refractivity contribution in [2.24, 2.45) is 0 Å². The summed E-state index contributed by atoms with van der Waals surface area (Å²) >= 11 is 1.87. The molecule has 0 bridgehead atoms. The maximum atomic E-state index is 6.67. The van der Waals surface area contributed by atoms with Gasteiger partial charge in [-0.2, -0.15) is 0 Å². The second-order valence-electron chi connectivity index (χ2n) is 12.0. The van der Waals surface area contributed by atoms with Crippen LogP contribution < -0.4 is 0 Å². The summed E-state index contributed by atoms with van der Waals surface area (Å²) < 4.78 is 7.90. The van der Waals surface area contributed by atoms with Gasteiger partial charge in [0, 0.05) is 36.9 Å². The predicted octanol–water partition coefficient (Wildman–Crippen LogP) is 13.3. The molecule has 1 nitrogen and oxygen atoms in total. The lowest BCUT2D eigenvalue weighted by Crippen LogP contribution is -1.91. The van der Waals surface area contributed by atoms with E-state index in [0.717, 1.165) is 21.9 Å². The summed E-state index contributed by atoms with van der Waals surface area (Å²) in [6, 6.07) is 57.1. The summed E-state index contributed by atoms with van der Waals surface area (Å²) in [6.45, 7) is 0.